The molecule has 5 nitrogen and oxygen atoms in total. The highest BCUT2D eigenvalue weighted by atomic mass is 32.1. The van der Waals surface area contributed by atoms with Crippen molar-refractivity contribution in [3.05, 3.63) is 46.2 Å². The van der Waals surface area contributed by atoms with Crippen LogP contribution in [0, 0.1) is 0 Å². The summed E-state index contributed by atoms with van der Waals surface area (Å²) in [5, 5.41) is 7.89. The molecule has 2 N–H and O–H groups in total. The molecule has 2 heterocycles. The molecule has 0 spiro atoms. The number of fused-ring (bicyclic) bond motifs is 1. The van der Waals surface area contributed by atoms with Gasteiger partial charge in [-0.1, -0.05) is 19.1 Å². The van der Waals surface area contributed by atoms with Gasteiger partial charge in [-0.05, 0) is 35.6 Å². The van der Waals surface area contributed by atoms with Gasteiger partial charge in [0.25, 0.3) is 0 Å². The minimum atomic E-state index is -0.169. The fourth-order valence-electron chi connectivity index (χ4n) is 2.31. The fraction of sp³-hybridized carbons (Fsp3) is 0.312. The number of amides is 2. The molecule has 0 bridgehead atoms. The average Bonchev–Trinajstić information content (AvgIpc) is 3.21. The Morgan fingerprint density at radius 1 is 1.32 bits per heavy atom. The highest BCUT2D eigenvalue weighted by Crippen LogP contribution is 2.32. The zero-order valence-corrected chi connectivity index (χ0v) is 13.1. The number of carbonyl (C=O) groups is 1. The first kappa shape index (κ1) is 14.7. The first-order chi connectivity index (χ1) is 10.8. The second-order valence-corrected chi connectivity index (χ2v) is 5.97. The van der Waals surface area contributed by atoms with Crippen LogP contribution in [0.3, 0.4) is 0 Å². The topological polar surface area (TPSA) is 59.6 Å². The van der Waals surface area contributed by atoms with E-state index in [1.807, 2.05) is 35.7 Å². The van der Waals surface area contributed by atoms with Crippen molar-refractivity contribution in [1.82, 2.24) is 10.6 Å². The minimum absolute atomic E-state index is 0.0525. The lowest BCUT2D eigenvalue weighted by Gasteiger charge is -2.16. The Morgan fingerprint density at radius 3 is 2.95 bits per heavy atom. The van der Waals surface area contributed by atoms with Crippen molar-refractivity contribution in [3.8, 4) is 11.5 Å². The normalized spacial score (nSPS) is 13.7. The van der Waals surface area contributed by atoms with Crippen LogP contribution in [0.15, 0.2) is 35.7 Å². The van der Waals surface area contributed by atoms with Crippen LogP contribution in [0.5, 0.6) is 11.5 Å². The summed E-state index contributed by atoms with van der Waals surface area (Å²) in [4.78, 5) is 13.2. The minimum Gasteiger partial charge on any atom is -0.454 e. The molecule has 0 aliphatic carbocycles. The fourth-order valence-corrected chi connectivity index (χ4v) is 3.17. The highest BCUT2D eigenvalue weighted by Gasteiger charge is 2.15. The molecule has 2 aromatic rings. The Balaban J connectivity index is 1.54. The van der Waals surface area contributed by atoms with Crippen molar-refractivity contribution in [2.75, 3.05) is 6.79 Å². The van der Waals surface area contributed by atoms with Crippen LogP contribution in [0.25, 0.3) is 0 Å². The predicted octanol–water partition coefficient (Wildman–Crippen LogP) is 3.43. The lowest BCUT2D eigenvalue weighted by Crippen LogP contribution is -2.37. The Morgan fingerprint density at radius 2 is 2.18 bits per heavy atom. The summed E-state index contributed by atoms with van der Waals surface area (Å²) in [6.45, 7) is 2.76. The number of ether oxygens (including phenoxy) is 2. The molecular formula is C16H18N2O3S. The van der Waals surface area contributed by atoms with Crippen LogP contribution in [-0.2, 0) is 6.54 Å². The molecule has 0 saturated heterocycles. The molecule has 0 fully saturated rings. The molecule has 1 atom stereocenters. The van der Waals surface area contributed by atoms with E-state index in [9.17, 15) is 4.79 Å². The van der Waals surface area contributed by atoms with E-state index in [-0.39, 0.29) is 18.9 Å². The molecule has 0 radical (unpaired) electrons. The maximum absolute atomic E-state index is 12.0. The summed E-state index contributed by atoms with van der Waals surface area (Å²) in [6.07, 6.45) is 0.859. The molecule has 1 aromatic carbocycles. The van der Waals surface area contributed by atoms with Gasteiger partial charge in [0.2, 0.25) is 6.79 Å². The SMILES string of the molecule is CCC(NC(=O)NCc1ccc2c(c1)OCO2)c1cccs1. The molecule has 6 heteroatoms. The second kappa shape index (κ2) is 6.70. The molecule has 1 unspecified atom stereocenters. The number of hydrogen-bond donors (Lipinski definition) is 2. The van der Waals surface area contributed by atoms with Gasteiger partial charge in [-0.25, -0.2) is 4.79 Å². The Kier molecular flexibility index (Phi) is 4.48. The van der Waals surface area contributed by atoms with E-state index < -0.39 is 0 Å². The number of hydrogen-bond acceptors (Lipinski definition) is 4. The monoisotopic (exact) mass is 318 g/mol. The van der Waals surface area contributed by atoms with Gasteiger partial charge in [0.15, 0.2) is 11.5 Å². The summed E-state index contributed by atoms with van der Waals surface area (Å²) in [5.41, 5.74) is 0.976. The third-order valence-electron chi connectivity index (χ3n) is 3.49. The van der Waals surface area contributed by atoms with E-state index >= 15 is 0 Å². The lowest BCUT2D eigenvalue weighted by molar-refractivity contribution is 0.174. The van der Waals surface area contributed by atoms with Gasteiger partial charge in [0.1, 0.15) is 0 Å². The number of nitrogens with one attached hydrogen (secondary N) is 2. The summed E-state index contributed by atoms with van der Waals surface area (Å²) < 4.78 is 10.6. The third-order valence-corrected chi connectivity index (χ3v) is 4.48. The average molecular weight is 318 g/mol. The smallest absolute Gasteiger partial charge is 0.315 e. The Bertz CT molecular complexity index is 643. The molecule has 1 aliphatic rings. The van der Waals surface area contributed by atoms with Gasteiger partial charge in [0, 0.05) is 11.4 Å². The quantitative estimate of drug-likeness (QED) is 0.888. The molecule has 3 rings (SSSR count). The van der Waals surface area contributed by atoms with Crippen LogP contribution >= 0.6 is 11.3 Å². The number of carbonyl (C=O) groups excluding carboxylic acids is 1. The van der Waals surface area contributed by atoms with Gasteiger partial charge in [-0.3, -0.25) is 0 Å². The first-order valence-corrected chi connectivity index (χ1v) is 8.10. The van der Waals surface area contributed by atoms with Gasteiger partial charge in [-0.2, -0.15) is 0 Å². The van der Waals surface area contributed by atoms with E-state index in [2.05, 4.69) is 17.6 Å². The van der Waals surface area contributed by atoms with Crippen molar-refractivity contribution in [3.63, 3.8) is 0 Å². The highest BCUT2D eigenvalue weighted by molar-refractivity contribution is 7.10. The van der Waals surface area contributed by atoms with E-state index in [1.165, 1.54) is 4.88 Å². The van der Waals surface area contributed by atoms with Gasteiger partial charge >= 0.3 is 6.03 Å². The zero-order chi connectivity index (χ0) is 15.4. The van der Waals surface area contributed by atoms with Gasteiger partial charge < -0.3 is 20.1 Å². The van der Waals surface area contributed by atoms with E-state index in [0.717, 1.165) is 23.5 Å². The largest absolute Gasteiger partial charge is 0.454 e. The molecule has 1 aromatic heterocycles. The maximum Gasteiger partial charge on any atom is 0.315 e. The van der Waals surface area contributed by atoms with Gasteiger partial charge in [-0.15, -0.1) is 11.3 Å². The van der Waals surface area contributed by atoms with Crippen LogP contribution in [0.4, 0.5) is 4.79 Å². The van der Waals surface area contributed by atoms with E-state index in [4.69, 9.17) is 9.47 Å². The molecule has 116 valence electrons. The number of urea groups is 1. The number of benzene rings is 1. The van der Waals surface area contributed by atoms with Gasteiger partial charge in [0.05, 0.1) is 6.04 Å². The van der Waals surface area contributed by atoms with Crippen molar-refractivity contribution < 1.29 is 14.3 Å². The summed E-state index contributed by atoms with van der Waals surface area (Å²) >= 11 is 1.65. The molecule has 22 heavy (non-hydrogen) atoms. The predicted molar refractivity (Wildman–Crippen MR) is 85.3 cm³/mol. The van der Waals surface area contributed by atoms with Crippen LogP contribution in [0.1, 0.15) is 29.8 Å². The van der Waals surface area contributed by atoms with Crippen LogP contribution < -0.4 is 20.1 Å². The van der Waals surface area contributed by atoms with Crippen molar-refractivity contribution in [2.24, 2.45) is 0 Å². The molecule has 1 aliphatic heterocycles. The standard InChI is InChI=1S/C16H18N2O3S/c1-2-12(15-4-3-7-22-15)18-16(19)17-9-11-5-6-13-14(8-11)21-10-20-13/h3-8,12H,2,9-10H2,1H3,(H2,17,18,19). The Hall–Kier alpha value is -2.21. The lowest BCUT2D eigenvalue weighted by atomic mass is 10.2. The maximum atomic E-state index is 12.0. The van der Waals surface area contributed by atoms with Crippen molar-refractivity contribution in [2.45, 2.75) is 25.9 Å². The summed E-state index contributed by atoms with van der Waals surface area (Å²) in [6, 6.07) is 9.59. The molecule has 0 saturated carbocycles. The second-order valence-electron chi connectivity index (χ2n) is 4.99. The summed E-state index contributed by atoms with van der Waals surface area (Å²) in [5.74, 6) is 1.47. The number of rotatable bonds is 5. The third kappa shape index (κ3) is 3.33. The van der Waals surface area contributed by atoms with E-state index in [1.54, 1.807) is 11.3 Å². The van der Waals surface area contributed by atoms with Crippen molar-refractivity contribution >= 4 is 17.4 Å². The van der Waals surface area contributed by atoms with Crippen LogP contribution in [-0.4, -0.2) is 12.8 Å². The summed E-state index contributed by atoms with van der Waals surface area (Å²) in [7, 11) is 0. The first-order valence-electron chi connectivity index (χ1n) is 7.22. The molecular weight excluding hydrogens is 300 g/mol. The van der Waals surface area contributed by atoms with Crippen LogP contribution in [0.2, 0.25) is 0 Å². The molecule has 2 amide bonds. The Labute approximate surface area is 133 Å². The van der Waals surface area contributed by atoms with Crippen molar-refractivity contribution in [1.29, 1.82) is 0 Å². The zero-order valence-electron chi connectivity index (χ0n) is 12.3. The number of thiophene rings is 1. The van der Waals surface area contributed by atoms with E-state index in [0.29, 0.717) is 6.54 Å².